The van der Waals surface area contributed by atoms with Gasteiger partial charge in [0, 0.05) is 12.1 Å². The van der Waals surface area contributed by atoms with Crippen LogP contribution < -0.4 is 0 Å². The number of hydrogen-bond donors (Lipinski definition) is 1. The lowest BCUT2D eigenvalue weighted by molar-refractivity contribution is -0.132. The van der Waals surface area contributed by atoms with Crippen LogP contribution in [0.25, 0.3) is 16.7 Å². The molecule has 2 aromatic carbocycles. The fraction of sp³-hybridized carbons (Fsp3) is 0.481. The second kappa shape index (κ2) is 10.1. The van der Waals surface area contributed by atoms with Gasteiger partial charge in [0.25, 0.3) is 5.91 Å². The lowest BCUT2D eigenvalue weighted by Crippen LogP contribution is -2.43. The van der Waals surface area contributed by atoms with Gasteiger partial charge in [-0.05, 0) is 51.0 Å². The van der Waals surface area contributed by atoms with Gasteiger partial charge in [-0.15, -0.1) is 15.0 Å². The maximum atomic E-state index is 13.3. The molecule has 1 aromatic heterocycles. The maximum absolute atomic E-state index is 13.3. The zero-order valence-corrected chi connectivity index (χ0v) is 21.1. The lowest BCUT2D eigenvalue weighted by Gasteiger charge is -2.28. The zero-order valence-electron chi connectivity index (χ0n) is 21.1. The molecule has 0 atom stereocenters. The summed E-state index contributed by atoms with van der Waals surface area (Å²) >= 11 is 0. The minimum absolute atomic E-state index is 0.00123. The number of imide groups is 1. The van der Waals surface area contributed by atoms with Gasteiger partial charge in [0.2, 0.25) is 0 Å². The molecule has 1 N–H and O–H groups in total. The average molecular weight is 478 g/mol. The van der Waals surface area contributed by atoms with Crippen LogP contribution in [0.2, 0.25) is 0 Å². The van der Waals surface area contributed by atoms with E-state index in [0.29, 0.717) is 17.8 Å². The van der Waals surface area contributed by atoms with Crippen LogP contribution in [0.3, 0.4) is 0 Å². The summed E-state index contributed by atoms with van der Waals surface area (Å²) in [6.45, 7) is 8.18. The van der Waals surface area contributed by atoms with Gasteiger partial charge in [0.1, 0.15) is 28.0 Å². The molecule has 0 aliphatic carbocycles. The second-order valence-corrected chi connectivity index (χ2v) is 9.92. The Morgan fingerprint density at radius 2 is 1.57 bits per heavy atom. The number of amides is 3. The third kappa shape index (κ3) is 4.88. The first kappa shape index (κ1) is 24.7. The fourth-order valence-corrected chi connectivity index (χ4v) is 4.67. The molecule has 3 aromatic rings. The molecule has 1 fully saturated rings. The van der Waals surface area contributed by atoms with Gasteiger partial charge < -0.3 is 10.0 Å². The van der Waals surface area contributed by atoms with E-state index in [4.69, 9.17) is 0 Å². The highest BCUT2D eigenvalue weighted by molar-refractivity contribution is 6.06. The van der Waals surface area contributed by atoms with Crippen LogP contribution in [0.15, 0.2) is 36.4 Å². The molecule has 0 unspecified atom stereocenters. The van der Waals surface area contributed by atoms with Crippen molar-refractivity contribution in [2.45, 2.75) is 78.3 Å². The molecule has 0 bridgehead atoms. The molecule has 35 heavy (non-hydrogen) atoms. The van der Waals surface area contributed by atoms with Crippen molar-refractivity contribution in [2.75, 3.05) is 6.54 Å². The molecule has 1 aliphatic heterocycles. The van der Waals surface area contributed by atoms with Crippen LogP contribution in [0.4, 0.5) is 4.79 Å². The number of phenolic OH excluding ortho intramolecular Hbond substituents is 1. The van der Waals surface area contributed by atoms with E-state index in [-0.39, 0.29) is 24.2 Å². The van der Waals surface area contributed by atoms with Crippen molar-refractivity contribution in [3.05, 3.63) is 47.5 Å². The Morgan fingerprint density at radius 3 is 2.23 bits per heavy atom. The van der Waals surface area contributed by atoms with Gasteiger partial charge in [-0.1, -0.05) is 57.2 Å². The van der Waals surface area contributed by atoms with Gasteiger partial charge in [0.15, 0.2) is 0 Å². The number of urea groups is 1. The summed E-state index contributed by atoms with van der Waals surface area (Å²) < 4.78 is 0. The number of benzene rings is 2. The number of phenols is 1. The van der Waals surface area contributed by atoms with E-state index in [1.807, 2.05) is 43.3 Å². The Balaban J connectivity index is 1.55. The van der Waals surface area contributed by atoms with Crippen molar-refractivity contribution in [3.63, 3.8) is 0 Å². The maximum Gasteiger partial charge on any atom is 0.327 e. The normalized spacial score (nSPS) is 15.5. The van der Waals surface area contributed by atoms with E-state index in [2.05, 4.69) is 17.1 Å². The molecule has 1 aliphatic rings. The molecule has 1 saturated heterocycles. The molecule has 186 valence electrons. The van der Waals surface area contributed by atoms with E-state index >= 15 is 0 Å². The van der Waals surface area contributed by atoms with Crippen molar-refractivity contribution < 1.29 is 14.7 Å². The summed E-state index contributed by atoms with van der Waals surface area (Å²) in [6, 6.07) is 10.8. The first-order valence-electron chi connectivity index (χ1n) is 12.5. The number of carbonyl (C=O) groups is 2. The number of aromatic nitrogens is 3. The van der Waals surface area contributed by atoms with Crippen molar-refractivity contribution in [2.24, 2.45) is 0 Å². The molecule has 3 amide bonds. The third-order valence-electron chi connectivity index (χ3n) is 6.78. The van der Waals surface area contributed by atoms with Gasteiger partial charge in [0.05, 0.1) is 6.54 Å². The molecular weight excluding hydrogens is 442 g/mol. The second-order valence-electron chi connectivity index (χ2n) is 9.92. The predicted octanol–water partition coefficient (Wildman–Crippen LogP) is 5.34. The van der Waals surface area contributed by atoms with Crippen LogP contribution in [0.1, 0.15) is 70.4 Å². The molecule has 2 heterocycles. The highest BCUT2D eigenvalue weighted by atomic mass is 16.3. The number of unbranched alkanes of at least 4 members (excludes halogenated alkanes) is 5. The Labute approximate surface area is 206 Å². The topological polar surface area (TPSA) is 91.6 Å². The van der Waals surface area contributed by atoms with E-state index in [9.17, 15) is 14.7 Å². The molecule has 0 radical (unpaired) electrons. The Kier molecular flexibility index (Phi) is 7.10. The minimum atomic E-state index is -0.992. The predicted molar refractivity (Wildman–Crippen MR) is 135 cm³/mol. The number of fused-ring (bicyclic) bond motifs is 1. The van der Waals surface area contributed by atoms with E-state index in [0.717, 1.165) is 35.9 Å². The van der Waals surface area contributed by atoms with Crippen LogP contribution in [-0.2, 0) is 11.3 Å². The minimum Gasteiger partial charge on any atom is -0.505 e. The summed E-state index contributed by atoms with van der Waals surface area (Å²) in [4.78, 5) is 30.8. The average Bonchev–Trinajstić information content (AvgIpc) is 3.32. The van der Waals surface area contributed by atoms with Crippen LogP contribution in [0, 0.1) is 6.92 Å². The first-order chi connectivity index (χ1) is 16.7. The number of rotatable bonds is 10. The highest BCUT2D eigenvalue weighted by Gasteiger charge is 2.50. The summed E-state index contributed by atoms with van der Waals surface area (Å²) in [5.41, 5.74) is 2.35. The molecule has 4 rings (SSSR count). The number of aromatic hydroxyl groups is 1. The summed E-state index contributed by atoms with van der Waals surface area (Å²) in [7, 11) is 0. The number of aryl methyl sites for hydroxylation is 1. The molecule has 8 nitrogen and oxygen atoms in total. The van der Waals surface area contributed by atoms with E-state index < -0.39 is 5.54 Å². The van der Waals surface area contributed by atoms with Crippen molar-refractivity contribution >= 4 is 23.0 Å². The number of carbonyl (C=O) groups excluding carboxylic acids is 2. The van der Waals surface area contributed by atoms with E-state index in [1.54, 1.807) is 18.7 Å². The van der Waals surface area contributed by atoms with Crippen molar-refractivity contribution in [3.8, 4) is 11.4 Å². The zero-order chi connectivity index (χ0) is 25.2. The highest BCUT2D eigenvalue weighted by Crippen LogP contribution is 2.34. The van der Waals surface area contributed by atoms with Gasteiger partial charge >= 0.3 is 6.03 Å². The standard InChI is InChI=1S/C27H35N5O3/c1-5-6-7-8-9-12-15-30-25(34)27(3,4)31(26(30)35)18-20-16-19(2)17-23(24(20)33)32-28-21-13-10-11-14-22(21)29-32/h10-11,13-14,16-17,33H,5-9,12,15,18H2,1-4H3. The Morgan fingerprint density at radius 1 is 0.943 bits per heavy atom. The molecular formula is C27H35N5O3. The molecule has 8 heteroatoms. The fourth-order valence-electron chi connectivity index (χ4n) is 4.67. The van der Waals surface area contributed by atoms with Crippen molar-refractivity contribution in [1.29, 1.82) is 0 Å². The SMILES string of the molecule is CCCCCCCCN1C(=O)N(Cc2cc(C)cc(-n3nc4ccccc4n3)c2O)C(C)(C)C1=O. The Bertz CT molecular complexity index is 1200. The molecule has 0 saturated carbocycles. The smallest absolute Gasteiger partial charge is 0.327 e. The van der Waals surface area contributed by atoms with Gasteiger partial charge in [-0.25, -0.2) is 4.79 Å². The first-order valence-corrected chi connectivity index (χ1v) is 12.5. The summed E-state index contributed by atoms with van der Waals surface area (Å²) in [5.74, 6) is -0.190. The number of hydrogen-bond acceptors (Lipinski definition) is 5. The molecule has 0 spiro atoms. The van der Waals surface area contributed by atoms with Crippen LogP contribution in [-0.4, -0.2) is 53.9 Å². The largest absolute Gasteiger partial charge is 0.505 e. The van der Waals surface area contributed by atoms with Gasteiger partial charge in [-0.3, -0.25) is 9.69 Å². The quantitative estimate of drug-likeness (QED) is 0.314. The lowest BCUT2D eigenvalue weighted by atomic mass is 10.0. The Hall–Kier alpha value is -3.42. The van der Waals surface area contributed by atoms with E-state index in [1.165, 1.54) is 29.0 Å². The van der Waals surface area contributed by atoms with Gasteiger partial charge in [-0.2, -0.15) is 0 Å². The summed E-state index contributed by atoms with van der Waals surface area (Å²) in [5, 5.41) is 20.1. The monoisotopic (exact) mass is 477 g/mol. The summed E-state index contributed by atoms with van der Waals surface area (Å²) in [6.07, 6.45) is 6.52. The van der Waals surface area contributed by atoms with Crippen molar-refractivity contribution in [1.82, 2.24) is 24.8 Å². The number of nitrogens with zero attached hydrogens (tertiary/aromatic N) is 5. The van der Waals surface area contributed by atoms with Crippen LogP contribution in [0.5, 0.6) is 5.75 Å². The third-order valence-corrected chi connectivity index (χ3v) is 6.78. The van der Waals surface area contributed by atoms with Crippen LogP contribution >= 0.6 is 0 Å².